The third kappa shape index (κ3) is 5.97. The number of methoxy groups -OCH3 is 1. The van der Waals surface area contributed by atoms with Gasteiger partial charge in [0, 0.05) is 32.9 Å². The molecule has 1 aromatic heterocycles. The van der Waals surface area contributed by atoms with E-state index in [1.54, 1.807) is 61.7 Å². The number of nitrogens with zero attached hydrogens (tertiary/aromatic N) is 1. The molecule has 166 valence electrons. The van der Waals surface area contributed by atoms with Gasteiger partial charge in [0.1, 0.15) is 10.8 Å². The molecule has 6 nitrogen and oxygen atoms in total. The van der Waals surface area contributed by atoms with Crippen LogP contribution in [0.25, 0.3) is 10.6 Å². The summed E-state index contributed by atoms with van der Waals surface area (Å²) in [5.41, 5.74) is 3.35. The molecule has 0 saturated heterocycles. The van der Waals surface area contributed by atoms with Gasteiger partial charge in [-0.3, -0.25) is 9.59 Å². The van der Waals surface area contributed by atoms with Crippen molar-refractivity contribution < 1.29 is 14.3 Å². The van der Waals surface area contributed by atoms with Crippen molar-refractivity contribution in [3.63, 3.8) is 0 Å². The summed E-state index contributed by atoms with van der Waals surface area (Å²) in [5, 5.41) is 8.98. The van der Waals surface area contributed by atoms with Crippen LogP contribution in [0.1, 0.15) is 16.1 Å². The van der Waals surface area contributed by atoms with Crippen molar-refractivity contribution >= 4 is 46.1 Å². The van der Waals surface area contributed by atoms with E-state index in [2.05, 4.69) is 15.6 Å². The van der Waals surface area contributed by atoms with E-state index >= 15 is 0 Å². The van der Waals surface area contributed by atoms with E-state index in [4.69, 9.17) is 16.3 Å². The molecule has 0 unspecified atom stereocenters. The maximum Gasteiger partial charge on any atom is 0.255 e. The van der Waals surface area contributed by atoms with Gasteiger partial charge < -0.3 is 15.4 Å². The van der Waals surface area contributed by atoms with E-state index in [1.807, 2.05) is 23.6 Å². The lowest BCUT2D eigenvalue weighted by molar-refractivity contribution is -0.115. The van der Waals surface area contributed by atoms with Crippen molar-refractivity contribution in [1.29, 1.82) is 0 Å². The van der Waals surface area contributed by atoms with Crippen molar-refractivity contribution in [2.24, 2.45) is 0 Å². The van der Waals surface area contributed by atoms with Crippen LogP contribution >= 0.6 is 22.9 Å². The minimum Gasteiger partial charge on any atom is -0.497 e. The average Bonchev–Trinajstić information content (AvgIpc) is 3.28. The van der Waals surface area contributed by atoms with Crippen LogP contribution in [0.2, 0.25) is 5.02 Å². The molecule has 0 fully saturated rings. The molecule has 0 aliphatic carbocycles. The van der Waals surface area contributed by atoms with E-state index in [0.717, 1.165) is 10.6 Å². The lowest BCUT2D eigenvalue weighted by atomic mass is 10.2. The molecule has 33 heavy (non-hydrogen) atoms. The number of carbonyl (C=O) groups is 2. The average molecular weight is 478 g/mol. The predicted molar refractivity (Wildman–Crippen MR) is 132 cm³/mol. The minimum atomic E-state index is -0.242. The first-order valence-electron chi connectivity index (χ1n) is 10.1. The molecule has 0 aliphatic heterocycles. The number of hydrogen-bond donors (Lipinski definition) is 2. The molecule has 0 aliphatic rings. The molecule has 0 bridgehead atoms. The van der Waals surface area contributed by atoms with E-state index in [1.165, 1.54) is 11.3 Å². The monoisotopic (exact) mass is 477 g/mol. The lowest BCUT2D eigenvalue weighted by Gasteiger charge is -2.08. The summed E-state index contributed by atoms with van der Waals surface area (Å²) in [6, 6.07) is 21.2. The molecule has 3 aromatic carbocycles. The number of hydrogen-bond acceptors (Lipinski definition) is 5. The molecule has 0 atom stereocenters. The number of nitrogens with one attached hydrogen (secondary N) is 2. The molecule has 0 radical (unpaired) electrons. The zero-order chi connectivity index (χ0) is 23.2. The highest BCUT2D eigenvalue weighted by Gasteiger charge is 2.11. The molecule has 2 N–H and O–H groups in total. The van der Waals surface area contributed by atoms with Gasteiger partial charge in [0.25, 0.3) is 5.91 Å². The third-order valence-electron chi connectivity index (χ3n) is 4.74. The second-order valence-corrected chi connectivity index (χ2v) is 8.43. The summed E-state index contributed by atoms with van der Waals surface area (Å²) in [6.07, 6.45) is 0.150. The maximum atomic E-state index is 12.4. The smallest absolute Gasteiger partial charge is 0.255 e. The highest BCUT2D eigenvalue weighted by molar-refractivity contribution is 7.13. The first-order chi connectivity index (χ1) is 16.0. The Bertz CT molecular complexity index is 1270. The number of ether oxygens (including phenoxy) is 1. The van der Waals surface area contributed by atoms with Crippen LogP contribution in [-0.2, 0) is 11.2 Å². The van der Waals surface area contributed by atoms with E-state index in [-0.39, 0.29) is 18.2 Å². The van der Waals surface area contributed by atoms with Gasteiger partial charge in [0.15, 0.2) is 0 Å². The van der Waals surface area contributed by atoms with E-state index in [0.29, 0.717) is 33.4 Å². The van der Waals surface area contributed by atoms with Crippen molar-refractivity contribution in [1.82, 2.24) is 4.98 Å². The first-order valence-corrected chi connectivity index (χ1v) is 11.3. The highest BCUT2D eigenvalue weighted by atomic mass is 35.5. The molecule has 2 amide bonds. The number of thiazole rings is 1. The highest BCUT2D eigenvalue weighted by Crippen LogP contribution is 2.26. The summed E-state index contributed by atoms with van der Waals surface area (Å²) < 4.78 is 5.11. The number of rotatable bonds is 7. The van der Waals surface area contributed by atoms with Crippen LogP contribution in [0.5, 0.6) is 5.75 Å². The van der Waals surface area contributed by atoms with Crippen molar-refractivity contribution in [2.75, 3.05) is 17.7 Å². The SMILES string of the molecule is COc1ccc(NC(=O)c2ccc(NC(=O)Cc3csc(-c4cccc(Cl)c4)n3)cc2)cc1. The van der Waals surface area contributed by atoms with E-state index in [9.17, 15) is 9.59 Å². The maximum absolute atomic E-state index is 12.4. The fourth-order valence-corrected chi connectivity index (χ4v) is 4.10. The molecular weight excluding hydrogens is 458 g/mol. The van der Waals surface area contributed by atoms with Crippen LogP contribution in [0.4, 0.5) is 11.4 Å². The largest absolute Gasteiger partial charge is 0.497 e. The van der Waals surface area contributed by atoms with Gasteiger partial charge >= 0.3 is 0 Å². The summed E-state index contributed by atoms with van der Waals surface area (Å²) in [5.74, 6) is 0.286. The summed E-state index contributed by atoms with van der Waals surface area (Å²) in [6.45, 7) is 0. The van der Waals surface area contributed by atoms with Gasteiger partial charge in [0.05, 0.1) is 19.2 Å². The molecule has 0 saturated carbocycles. The van der Waals surface area contributed by atoms with Gasteiger partial charge in [-0.05, 0) is 60.7 Å². The second kappa shape index (κ2) is 10.3. The van der Waals surface area contributed by atoms with Gasteiger partial charge in [-0.2, -0.15) is 0 Å². The standard InChI is InChI=1S/C25H20ClN3O3S/c1-32-22-11-9-20(10-12-22)28-24(31)16-5-7-19(8-6-16)27-23(30)14-21-15-33-25(29-21)17-3-2-4-18(26)13-17/h2-13,15H,14H2,1H3,(H,27,30)(H,28,31). The Morgan fingerprint density at radius 2 is 1.67 bits per heavy atom. The fraction of sp³-hybridized carbons (Fsp3) is 0.0800. The van der Waals surface area contributed by atoms with Crippen molar-refractivity contribution in [3.05, 3.63) is 94.5 Å². The van der Waals surface area contributed by atoms with Crippen LogP contribution in [0.3, 0.4) is 0 Å². The lowest BCUT2D eigenvalue weighted by Crippen LogP contribution is -2.15. The molecule has 4 aromatic rings. The van der Waals surface area contributed by atoms with Gasteiger partial charge in [-0.1, -0.05) is 23.7 Å². The van der Waals surface area contributed by atoms with E-state index < -0.39 is 0 Å². The predicted octanol–water partition coefficient (Wildman–Crippen LogP) is 5.91. The third-order valence-corrected chi connectivity index (χ3v) is 5.92. The second-order valence-electron chi connectivity index (χ2n) is 7.14. The Morgan fingerprint density at radius 3 is 2.36 bits per heavy atom. The zero-order valence-corrected chi connectivity index (χ0v) is 19.2. The molecule has 4 rings (SSSR count). The summed E-state index contributed by atoms with van der Waals surface area (Å²) in [4.78, 5) is 29.4. The van der Waals surface area contributed by atoms with Crippen LogP contribution in [0, 0.1) is 0 Å². The number of aromatic nitrogens is 1. The fourth-order valence-electron chi connectivity index (χ4n) is 3.09. The molecular formula is C25H20ClN3O3S. The van der Waals surface area contributed by atoms with Gasteiger partial charge in [0.2, 0.25) is 5.91 Å². The molecule has 0 spiro atoms. The summed E-state index contributed by atoms with van der Waals surface area (Å²) in [7, 11) is 1.59. The van der Waals surface area contributed by atoms with Crippen LogP contribution in [0.15, 0.2) is 78.2 Å². The summed E-state index contributed by atoms with van der Waals surface area (Å²) >= 11 is 7.51. The normalized spacial score (nSPS) is 10.5. The quantitative estimate of drug-likeness (QED) is 0.347. The van der Waals surface area contributed by atoms with Crippen molar-refractivity contribution in [3.8, 4) is 16.3 Å². The van der Waals surface area contributed by atoms with Gasteiger partial charge in [-0.15, -0.1) is 11.3 Å². The zero-order valence-electron chi connectivity index (χ0n) is 17.7. The number of amides is 2. The Hall–Kier alpha value is -3.68. The number of carbonyl (C=O) groups excluding carboxylic acids is 2. The number of halogens is 1. The Kier molecular flexibility index (Phi) is 7.02. The number of benzene rings is 3. The topological polar surface area (TPSA) is 80.3 Å². The number of anilines is 2. The Balaban J connectivity index is 1.33. The van der Waals surface area contributed by atoms with Crippen LogP contribution in [-0.4, -0.2) is 23.9 Å². The Labute approximate surface area is 200 Å². The molecule has 1 heterocycles. The minimum absolute atomic E-state index is 0.150. The van der Waals surface area contributed by atoms with Crippen LogP contribution < -0.4 is 15.4 Å². The first kappa shape index (κ1) is 22.5. The molecule has 8 heteroatoms. The van der Waals surface area contributed by atoms with Crippen molar-refractivity contribution in [2.45, 2.75) is 6.42 Å². The Morgan fingerprint density at radius 1 is 0.970 bits per heavy atom. The van der Waals surface area contributed by atoms with Gasteiger partial charge in [-0.25, -0.2) is 4.98 Å².